The Balaban J connectivity index is 4.07. The molecule has 0 bridgehead atoms. The molecule has 0 aromatic heterocycles. The van der Waals surface area contributed by atoms with Gasteiger partial charge in [0.25, 0.3) is 0 Å². The molecule has 0 aromatic carbocycles. The fourth-order valence-electron chi connectivity index (χ4n) is 3.94. The van der Waals surface area contributed by atoms with Crippen molar-refractivity contribution in [3.8, 4) is 0 Å². The van der Waals surface area contributed by atoms with Crippen LogP contribution in [0.25, 0.3) is 0 Å². The summed E-state index contributed by atoms with van der Waals surface area (Å²) < 4.78 is 34.2. The van der Waals surface area contributed by atoms with Gasteiger partial charge in [-0.25, -0.2) is 4.57 Å². The highest BCUT2D eigenvalue weighted by molar-refractivity contribution is 7.47. The lowest BCUT2D eigenvalue weighted by Gasteiger charge is -2.24. The van der Waals surface area contributed by atoms with Gasteiger partial charge in [0.15, 0.2) is 0 Å². The minimum atomic E-state index is -4.20. The van der Waals surface area contributed by atoms with Crippen LogP contribution in [0.4, 0.5) is 0 Å². The maximum absolute atomic E-state index is 12.2. The van der Waals surface area contributed by atoms with Crippen LogP contribution in [0, 0.1) is 0 Å². The SMILES string of the molecule is CCCCCCCCCCCCCCCC(=O)OC[C@H](COP(=O)(O)OCC[N+](C)(C)C)OCCCCC. The topological polar surface area (TPSA) is 91.3 Å². The Morgan fingerprint density at radius 3 is 1.74 bits per heavy atom. The van der Waals surface area contributed by atoms with Crippen LogP contribution in [-0.4, -0.2) is 75.6 Å². The zero-order valence-electron chi connectivity index (χ0n) is 25.4. The second-order valence-electron chi connectivity index (χ2n) is 11.5. The first-order chi connectivity index (χ1) is 18.1. The molecule has 0 aromatic rings. The first kappa shape index (κ1) is 37.5. The van der Waals surface area contributed by atoms with Crippen LogP contribution in [-0.2, 0) is 27.9 Å². The van der Waals surface area contributed by atoms with E-state index < -0.39 is 13.9 Å². The Kier molecular flexibility index (Phi) is 24.0. The predicted octanol–water partition coefficient (Wildman–Crippen LogP) is 7.43. The molecule has 0 radical (unpaired) electrons. The minimum absolute atomic E-state index is 0.00226. The summed E-state index contributed by atoms with van der Waals surface area (Å²) in [5.74, 6) is -0.262. The maximum atomic E-state index is 12.2. The quantitative estimate of drug-likeness (QED) is 0.0456. The normalized spacial score (nSPS) is 14.4. The van der Waals surface area contributed by atoms with Gasteiger partial charge in [-0.1, -0.05) is 104 Å². The average molecular weight is 567 g/mol. The number of esters is 1. The molecule has 0 saturated carbocycles. The summed E-state index contributed by atoms with van der Waals surface area (Å²) in [6, 6.07) is 0. The summed E-state index contributed by atoms with van der Waals surface area (Å²) >= 11 is 0. The van der Waals surface area contributed by atoms with Gasteiger partial charge in [0.1, 0.15) is 25.9 Å². The molecule has 1 unspecified atom stereocenters. The van der Waals surface area contributed by atoms with Crippen LogP contribution in [0.3, 0.4) is 0 Å². The summed E-state index contributed by atoms with van der Waals surface area (Å²) in [4.78, 5) is 22.2. The van der Waals surface area contributed by atoms with Crippen LogP contribution in [0.15, 0.2) is 0 Å². The fourth-order valence-corrected chi connectivity index (χ4v) is 4.68. The van der Waals surface area contributed by atoms with Gasteiger partial charge in [-0.05, 0) is 12.8 Å². The summed E-state index contributed by atoms with van der Waals surface area (Å²) in [7, 11) is 1.71. The Bertz CT molecular complexity index is 598. The third-order valence-electron chi connectivity index (χ3n) is 6.46. The fraction of sp³-hybridized carbons (Fsp3) is 0.966. The highest BCUT2D eigenvalue weighted by atomic mass is 31.2. The molecule has 228 valence electrons. The number of quaternary nitrogens is 1. The lowest BCUT2D eigenvalue weighted by molar-refractivity contribution is -0.870. The maximum Gasteiger partial charge on any atom is 0.472 e. The number of phosphoric ester groups is 1. The Morgan fingerprint density at radius 2 is 1.21 bits per heavy atom. The second kappa shape index (κ2) is 24.3. The van der Waals surface area contributed by atoms with E-state index in [1.807, 2.05) is 21.1 Å². The number of carbonyl (C=O) groups excluding carboxylic acids is 1. The molecular formula is C29H61NO7P+. The monoisotopic (exact) mass is 566 g/mol. The Hall–Kier alpha value is -0.500. The molecule has 0 amide bonds. The molecule has 8 nitrogen and oxygen atoms in total. The van der Waals surface area contributed by atoms with E-state index in [0.717, 1.165) is 38.5 Å². The molecule has 0 heterocycles. The molecule has 0 saturated heterocycles. The molecule has 9 heteroatoms. The van der Waals surface area contributed by atoms with Crippen molar-refractivity contribution < 1.29 is 37.3 Å². The van der Waals surface area contributed by atoms with Crippen LogP contribution in [0.1, 0.15) is 123 Å². The molecule has 0 aliphatic rings. The van der Waals surface area contributed by atoms with Crippen molar-refractivity contribution in [3.05, 3.63) is 0 Å². The average Bonchev–Trinajstić information content (AvgIpc) is 2.84. The van der Waals surface area contributed by atoms with Gasteiger partial charge in [0.05, 0.1) is 27.7 Å². The zero-order valence-corrected chi connectivity index (χ0v) is 26.3. The number of rotatable bonds is 28. The number of carbonyl (C=O) groups is 1. The van der Waals surface area contributed by atoms with Gasteiger partial charge in [-0.15, -0.1) is 0 Å². The molecule has 0 rings (SSSR count). The first-order valence-electron chi connectivity index (χ1n) is 15.3. The highest BCUT2D eigenvalue weighted by Crippen LogP contribution is 2.43. The number of phosphoric acid groups is 1. The van der Waals surface area contributed by atoms with Crippen LogP contribution >= 0.6 is 7.82 Å². The smallest absolute Gasteiger partial charge is 0.463 e. The minimum Gasteiger partial charge on any atom is -0.463 e. The van der Waals surface area contributed by atoms with E-state index in [4.69, 9.17) is 18.5 Å². The highest BCUT2D eigenvalue weighted by Gasteiger charge is 2.25. The standard InChI is InChI=1S/C29H60NO7P/c1-6-8-10-11-12-13-14-15-16-17-18-19-20-22-29(31)35-26-28(34-24-21-9-7-2)27-37-38(32,33)36-25-23-30(3,4)5/h28H,6-27H2,1-5H3/p+1/t28-/m1/s1. The van der Waals surface area contributed by atoms with Crippen molar-refractivity contribution in [2.75, 3.05) is 54.1 Å². The lowest BCUT2D eigenvalue weighted by Crippen LogP contribution is -2.37. The summed E-state index contributed by atoms with van der Waals surface area (Å²) in [5.41, 5.74) is 0. The van der Waals surface area contributed by atoms with E-state index in [-0.39, 0.29) is 25.8 Å². The number of likely N-dealkylation sites (N-methyl/N-ethyl adjacent to an activating group) is 1. The van der Waals surface area contributed by atoms with Crippen molar-refractivity contribution in [3.63, 3.8) is 0 Å². The van der Waals surface area contributed by atoms with Crippen molar-refractivity contribution in [2.45, 2.75) is 129 Å². The van der Waals surface area contributed by atoms with Gasteiger partial charge in [0.2, 0.25) is 0 Å². The van der Waals surface area contributed by atoms with Crippen LogP contribution in [0.2, 0.25) is 0 Å². The largest absolute Gasteiger partial charge is 0.472 e. The molecule has 0 spiro atoms. The molecule has 38 heavy (non-hydrogen) atoms. The molecule has 1 N–H and O–H groups in total. The summed E-state index contributed by atoms with van der Waals surface area (Å²) in [5, 5.41) is 0. The molecule has 2 atom stereocenters. The number of ether oxygens (including phenoxy) is 2. The van der Waals surface area contributed by atoms with E-state index >= 15 is 0 Å². The third kappa shape index (κ3) is 27.1. The van der Waals surface area contributed by atoms with Gasteiger partial charge in [0, 0.05) is 13.0 Å². The van der Waals surface area contributed by atoms with Crippen molar-refractivity contribution in [1.82, 2.24) is 0 Å². The third-order valence-corrected chi connectivity index (χ3v) is 7.44. The van der Waals surface area contributed by atoms with Crippen LogP contribution in [0.5, 0.6) is 0 Å². The van der Waals surface area contributed by atoms with Gasteiger partial charge in [-0.2, -0.15) is 0 Å². The number of nitrogens with zero attached hydrogens (tertiary/aromatic N) is 1. The van der Waals surface area contributed by atoms with Gasteiger partial charge in [-0.3, -0.25) is 13.8 Å². The number of hydrogen-bond donors (Lipinski definition) is 1. The van der Waals surface area contributed by atoms with Crippen molar-refractivity contribution in [2.24, 2.45) is 0 Å². The van der Waals surface area contributed by atoms with E-state index in [2.05, 4.69) is 13.8 Å². The second-order valence-corrected chi connectivity index (χ2v) is 12.9. The van der Waals surface area contributed by atoms with Gasteiger partial charge >= 0.3 is 13.8 Å². The van der Waals surface area contributed by atoms with Crippen molar-refractivity contribution in [1.29, 1.82) is 0 Å². The molecule has 0 aliphatic carbocycles. The lowest BCUT2D eigenvalue weighted by atomic mass is 10.0. The first-order valence-corrected chi connectivity index (χ1v) is 16.8. The van der Waals surface area contributed by atoms with E-state index in [1.54, 1.807) is 0 Å². The molecule has 0 fully saturated rings. The zero-order chi connectivity index (χ0) is 28.5. The summed E-state index contributed by atoms with van der Waals surface area (Å²) in [6.45, 7) is 5.35. The van der Waals surface area contributed by atoms with Crippen molar-refractivity contribution >= 4 is 13.8 Å². The van der Waals surface area contributed by atoms with Crippen LogP contribution < -0.4 is 0 Å². The van der Waals surface area contributed by atoms with E-state index in [0.29, 0.717) is 24.1 Å². The van der Waals surface area contributed by atoms with E-state index in [1.165, 1.54) is 64.2 Å². The number of unbranched alkanes of at least 4 members (excludes halogenated alkanes) is 14. The van der Waals surface area contributed by atoms with E-state index in [9.17, 15) is 14.3 Å². The molecule has 0 aliphatic heterocycles. The molecular weight excluding hydrogens is 505 g/mol. The predicted molar refractivity (Wildman–Crippen MR) is 155 cm³/mol. The number of hydrogen-bond acceptors (Lipinski definition) is 6. The van der Waals surface area contributed by atoms with Gasteiger partial charge < -0.3 is 18.9 Å². The summed E-state index contributed by atoms with van der Waals surface area (Å²) in [6.07, 6.45) is 19.1. The Labute approximate surface area is 234 Å². The Morgan fingerprint density at radius 1 is 0.711 bits per heavy atom.